The number of nitrogens with one attached hydrogen (secondary N) is 1. The second-order valence-corrected chi connectivity index (χ2v) is 6.66. The molecule has 2 heterocycles. The molecular weight excluding hydrogens is 372 g/mol. The summed E-state index contributed by atoms with van der Waals surface area (Å²) >= 11 is 0.938. The fraction of sp³-hybridized carbons (Fsp3) is 0.176. The highest BCUT2D eigenvalue weighted by atomic mass is 32.1. The first-order valence-corrected chi connectivity index (χ1v) is 8.16. The van der Waals surface area contributed by atoms with Gasteiger partial charge in [-0.15, -0.1) is 11.3 Å². The second kappa shape index (κ2) is 6.24. The third kappa shape index (κ3) is 3.10. The van der Waals surface area contributed by atoms with Crippen LogP contribution in [0.2, 0.25) is 0 Å². The van der Waals surface area contributed by atoms with Crippen molar-refractivity contribution in [2.24, 2.45) is 4.99 Å². The van der Waals surface area contributed by atoms with Crippen molar-refractivity contribution in [1.29, 1.82) is 0 Å². The van der Waals surface area contributed by atoms with Gasteiger partial charge in [0.1, 0.15) is 21.5 Å². The molecule has 0 spiro atoms. The molecule has 2 aromatic rings. The summed E-state index contributed by atoms with van der Waals surface area (Å²) in [4.78, 5) is 15.6. The molecule has 1 aliphatic rings. The molecule has 0 saturated heterocycles. The molecule has 4 nitrogen and oxygen atoms in total. The van der Waals surface area contributed by atoms with Crippen LogP contribution in [0.4, 0.5) is 22.6 Å². The fourth-order valence-corrected chi connectivity index (χ4v) is 3.79. The molecule has 1 aromatic heterocycles. The van der Waals surface area contributed by atoms with Crippen molar-refractivity contribution in [3.63, 3.8) is 0 Å². The van der Waals surface area contributed by atoms with Crippen LogP contribution >= 0.6 is 11.3 Å². The third-order valence-corrected chi connectivity index (χ3v) is 5.07. The van der Waals surface area contributed by atoms with Gasteiger partial charge in [-0.1, -0.05) is 18.7 Å². The first-order chi connectivity index (χ1) is 12.1. The van der Waals surface area contributed by atoms with Gasteiger partial charge in [-0.3, -0.25) is 0 Å². The Labute approximate surface area is 149 Å². The quantitative estimate of drug-likeness (QED) is 0.750. The van der Waals surface area contributed by atoms with Gasteiger partial charge in [-0.05, 0) is 24.1 Å². The topological polar surface area (TPSA) is 61.7 Å². The summed E-state index contributed by atoms with van der Waals surface area (Å²) in [6.07, 6.45) is -5.01. The number of rotatable bonds is 3. The highest BCUT2D eigenvalue weighted by Crippen LogP contribution is 2.41. The number of alkyl halides is 3. The van der Waals surface area contributed by atoms with Gasteiger partial charge in [-0.2, -0.15) is 13.2 Å². The summed E-state index contributed by atoms with van der Waals surface area (Å²) in [5, 5.41) is 12.4. The van der Waals surface area contributed by atoms with Crippen molar-refractivity contribution in [1.82, 2.24) is 5.32 Å². The Morgan fingerprint density at radius 2 is 2.08 bits per heavy atom. The van der Waals surface area contributed by atoms with Crippen LogP contribution in [-0.2, 0) is 12.6 Å². The molecule has 0 amide bonds. The highest BCUT2D eigenvalue weighted by molar-refractivity contribution is 7.18. The van der Waals surface area contributed by atoms with Crippen molar-refractivity contribution in [3.05, 3.63) is 57.7 Å². The summed E-state index contributed by atoms with van der Waals surface area (Å²) in [6, 6.07) is 3.05. The van der Waals surface area contributed by atoms with E-state index in [1.165, 1.54) is 6.07 Å². The number of hydrogen-bond donors (Lipinski definition) is 2. The van der Waals surface area contributed by atoms with Crippen LogP contribution in [0, 0.1) is 12.7 Å². The maximum absolute atomic E-state index is 14.2. The van der Waals surface area contributed by atoms with E-state index in [1.807, 2.05) is 0 Å². The van der Waals surface area contributed by atoms with E-state index in [2.05, 4.69) is 16.9 Å². The molecule has 26 heavy (non-hydrogen) atoms. The predicted molar refractivity (Wildman–Crippen MR) is 90.4 cm³/mol. The molecule has 0 radical (unpaired) electrons. The normalized spacial score (nSPS) is 13.9. The number of aromatic carboxylic acids is 1. The standard InChI is InChI=1S/C17H12F4N2O2S/c1-7-12-8(2)22-11(23-15(12)26-14(7)16(24)25)6-9-4-3-5-10(13(9)18)17(19,20)21/h3-5H,2,6H2,1H3,(H,22,23)(H,24,25). The first-order valence-electron chi connectivity index (χ1n) is 7.34. The average Bonchev–Trinajstić information content (AvgIpc) is 2.85. The van der Waals surface area contributed by atoms with E-state index in [-0.39, 0.29) is 22.7 Å². The van der Waals surface area contributed by atoms with Crippen LogP contribution in [0.3, 0.4) is 0 Å². The lowest BCUT2D eigenvalue weighted by Crippen LogP contribution is -2.27. The summed E-state index contributed by atoms with van der Waals surface area (Å²) in [5.74, 6) is -2.26. The van der Waals surface area contributed by atoms with Crippen LogP contribution in [0.15, 0.2) is 29.8 Å². The van der Waals surface area contributed by atoms with Crippen molar-refractivity contribution >= 4 is 33.8 Å². The minimum Gasteiger partial charge on any atom is -0.477 e. The minimum absolute atomic E-state index is 0.105. The Bertz CT molecular complexity index is 960. The van der Waals surface area contributed by atoms with Gasteiger partial charge < -0.3 is 10.4 Å². The smallest absolute Gasteiger partial charge is 0.419 e. The van der Waals surface area contributed by atoms with Crippen molar-refractivity contribution in [2.45, 2.75) is 19.5 Å². The van der Waals surface area contributed by atoms with Crippen LogP contribution in [0.1, 0.15) is 31.9 Å². The summed E-state index contributed by atoms with van der Waals surface area (Å²) in [6.45, 7) is 5.43. The zero-order valence-corrected chi connectivity index (χ0v) is 14.2. The van der Waals surface area contributed by atoms with Gasteiger partial charge in [0.2, 0.25) is 0 Å². The zero-order valence-electron chi connectivity index (χ0n) is 13.4. The number of halogens is 4. The number of carbonyl (C=O) groups is 1. The number of hydrogen-bond acceptors (Lipinski definition) is 4. The molecule has 0 fully saturated rings. The molecule has 0 bridgehead atoms. The van der Waals surface area contributed by atoms with E-state index in [4.69, 9.17) is 0 Å². The number of amidine groups is 1. The van der Waals surface area contributed by atoms with Crippen molar-refractivity contribution < 1.29 is 27.5 Å². The number of thiophene rings is 1. The number of carboxylic acids is 1. The Morgan fingerprint density at radius 3 is 2.69 bits per heavy atom. The van der Waals surface area contributed by atoms with Crippen LogP contribution < -0.4 is 5.32 Å². The molecule has 0 atom stereocenters. The molecule has 3 rings (SSSR count). The fourth-order valence-electron chi connectivity index (χ4n) is 2.72. The van der Waals surface area contributed by atoms with E-state index >= 15 is 0 Å². The summed E-state index contributed by atoms with van der Waals surface area (Å²) in [5.41, 5.74) is -0.0949. The average molecular weight is 384 g/mol. The van der Waals surface area contributed by atoms with Crippen molar-refractivity contribution in [2.75, 3.05) is 0 Å². The van der Waals surface area contributed by atoms with Gasteiger partial charge in [0, 0.05) is 17.7 Å². The molecule has 2 N–H and O–H groups in total. The molecule has 9 heteroatoms. The van der Waals surface area contributed by atoms with Crippen LogP contribution in [0.5, 0.6) is 0 Å². The number of fused-ring (bicyclic) bond motifs is 1. The van der Waals surface area contributed by atoms with Crippen LogP contribution in [0.25, 0.3) is 5.70 Å². The minimum atomic E-state index is -4.79. The van der Waals surface area contributed by atoms with Gasteiger partial charge >= 0.3 is 12.1 Å². The number of nitrogens with zero attached hydrogens (tertiary/aromatic N) is 1. The largest absolute Gasteiger partial charge is 0.477 e. The van der Waals surface area contributed by atoms with E-state index < -0.39 is 23.5 Å². The molecule has 1 aromatic carbocycles. The maximum Gasteiger partial charge on any atom is 0.419 e. The third-order valence-electron chi connectivity index (χ3n) is 3.90. The van der Waals surface area contributed by atoms with Gasteiger partial charge in [-0.25, -0.2) is 14.2 Å². The van der Waals surface area contributed by atoms with Gasteiger partial charge in [0.15, 0.2) is 0 Å². The molecular formula is C17H12F4N2O2S. The molecule has 1 aliphatic heterocycles. The van der Waals surface area contributed by atoms with E-state index in [0.717, 1.165) is 17.4 Å². The van der Waals surface area contributed by atoms with Crippen LogP contribution in [-0.4, -0.2) is 16.9 Å². The Balaban J connectivity index is 1.99. The molecule has 0 unspecified atom stereocenters. The lowest BCUT2D eigenvalue weighted by atomic mass is 10.0. The Hall–Kier alpha value is -2.68. The van der Waals surface area contributed by atoms with Gasteiger partial charge in [0.25, 0.3) is 0 Å². The summed E-state index contributed by atoms with van der Waals surface area (Å²) < 4.78 is 52.7. The highest BCUT2D eigenvalue weighted by Gasteiger charge is 2.35. The number of benzene rings is 1. The second-order valence-electron chi connectivity index (χ2n) is 5.66. The van der Waals surface area contributed by atoms with Gasteiger partial charge in [0.05, 0.1) is 5.56 Å². The van der Waals surface area contributed by atoms with E-state index in [0.29, 0.717) is 27.9 Å². The lowest BCUT2D eigenvalue weighted by molar-refractivity contribution is -0.140. The number of aliphatic imine (C=N–C) groups is 1. The zero-order chi connectivity index (χ0) is 19.2. The monoisotopic (exact) mass is 384 g/mol. The SMILES string of the molecule is C=C1NC(Cc2cccc(C(F)(F)F)c2F)=Nc2sc(C(=O)O)c(C)c21. The Kier molecular flexibility index (Phi) is 4.35. The summed E-state index contributed by atoms with van der Waals surface area (Å²) in [7, 11) is 0. The molecule has 136 valence electrons. The maximum atomic E-state index is 14.2. The lowest BCUT2D eigenvalue weighted by Gasteiger charge is -2.19. The Morgan fingerprint density at radius 1 is 1.38 bits per heavy atom. The predicted octanol–water partition coefficient (Wildman–Crippen LogP) is 4.76. The first kappa shape index (κ1) is 18.1. The number of carboxylic acid groups (broad SMARTS) is 1. The molecule has 0 saturated carbocycles. The van der Waals surface area contributed by atoms with E-state index in [9.17, 15) is 27.5 Å². The van der Waals surface area contributed by atoms with E-state index in [1.54, 1.807) is 6.92 Å². The van der Waals surface area contributed by atoms with Crippen molar-refractivity contribution in [3.8, 4) is 0 Å². The molecule has 0 aliphatic carbocycles.